The maximum Gasteiger partial charge on any atom is 0.241 e. The average Bonchev–Trinajstić information content (AvgIpc) is 2.93. The summed E-state index contributed by atoms with van der Waals surface area (Å²) in [6.45, 7) is 9.03. The smallest absolute Gasteiger partial charge is 0.241 e. The lowest BCUT2D eigenvalue weighted by atomic mass is 10.2. The first-order chi connectivity index (χ1) is 10.3. The molecule has 0 unspecified atom stereocenters. The van der Waals surface area contributed by atoms with Crippen molar-refractivity contribution in [3.63, 3.8) is 0 Å². The number of hydrogen-bond donors (Lipinski definition) is 0. The first-order valence-corrected chi connectivity index (χ1v) is 8.11. The molecule has 114 valence electrons. The Morgan fingerprint density at radius 2 is 1.76 bits per heavy atom. The lowest BCUT2D eigenvalue weighted by Gasteiger charge is -2.34. The largest absolute Gasteiger partial charge is 0.311 e. The summed E-state index contributed by atoms with van der Waals surface area (Å²) in [5.41, 5.74) is 2.42. The third kappa shape index (κ3) is 3.27. The summed E-state index contributed by atoms with van der Waals surface area (Å²) < 4.78 is 0. The van der Waals surface area contributed by atoms with Gasteiger partial charge < -0.3 is 9.80 Å². The molecule has 0 atom stereocenters. The maximum atomic E-state index is 12.6. The van der Waals surface area contributed by atoms with Crippen LogP contribution in [0.1, 0.15) is 18.9 Å². The molecule has 2 aliphatic rings. The number of para-hydroxylation sites is 1. The molecule has 1 saturated heterocycles. The van der Waals surface area contributed by atoms with Crippen molar-refractivity contribution in [1.29, 1.82) is 0 Å². The molecular formula is C17H25N3O. The molecule has 0 N–H and O–H groups in total. The molecule has 4 nitrogen and oxygen atoms in total. The lowest BCUT2D eigenvalue weighted by molar-refractivity contribution is -0.120. The number of rotatable bonds is 4. The van der Waals surface area contributed by atoms with Gasteiger partial charge in [-0.1, -0.05) is 25.1 Å². The standard InChI is InChI=1S/C17H25N3O/c1-2-8-18-10-12-19(13-11-18)14-17(21)20-9-7-15-5-3-4-6-16(15)20/h3-6H,2,7-14H2,1H3. The van der Waals surface area contributed by atoms with E-state index in [-0.39, 0.29) is 5.91 Å². The van der Waals surface area contributed by atoms with E-state index in [1.807, 2.05) is 11.0 Å². The number of benzene rings is 1. The van der Waals surface area contributed by atoms with Crippen molar-refractivity contribution in [2.75, 3.05) is 50.7 Å². The van der Waals surface area contributed by atoms with Crippen LogP contribution in [-0.4, -0.2) is 61.5 Å². The lowest BCUT2D eigenvalue weighted by Crippen LogP contribution is -2.50. The molecule has 0 aromatic heterocycles. The van der Waals surface area contributed by atoms with Gasteiger partial charge in [-0.15, -0.1) is 0 Å². The maximum absolute atomic E-state index is 12.6. The predicted octanol–water partition coefficient (Wildman–Crippen LogP) is 1.60. The molecule has 1 amide bonds. The van der Waals surface area contributed by atoms with Gasteiger partial charge >= 0.3 is 0 Å². The zero-order valence-electron chi connectivity index (χ0n) is 12.9. The summed E-state index contributed by atoms with van der Waals surface area (Å²) >= 11 is 0. The number of nitrogens with zero attached hydrogens (tertiary/aromatic N) is 3. The Balaban J connectivity index is 1.54. The second-order valence-corrected chi connectivity index (χ2v) is 6.04. The fourth-order valence-electron chi connectivity index (χ4n) is 3.36. The van der Waals surface area contributed by atoms with Crippen molar-refractivity contribution in [2.45, 2.75) is 19.8 Å². The number of anilines is 1. The van der Waals surface area contributed by atoms with Gasteiger partial charge in [-0.25, -0.2) is 0 Å². The van der Waals surface area contributed by atoms with Gasteiger partial charge in [-0.2, -0.15) is 0 Å². The molecule has 0 saturated carbocycles. The quantitative estimate of drug-likeness (QED) is 0.841. The summed E-state index contributed by atoms with van der Waals surface area (Å²) in [7, 11) is 0. The van der Waals surface area contributed by atoms with E-state index < -0.39 is 0 Å². The first-order valence-electron chi connectivity index (χ1n) is 8.11. The fourth-order valence-corrected chi connectivity index (χ4v) is 3.36. The van der Waals surface area contributed by atoms with Crippen LogP contribution in [0.15, 0.2) is 24.3 Å². The van der Waals surface area contributed by atoms with Crippen LogP contribution < -0.4 is 4.90 Å². The third-order valence-corrected chi connectivity index (χ3v) is 4.55. The predicted molar refractivity (Wildman–Crippen MR) is 85.7 cm³/mol. The normalized spacial score (nSPS) is 19.8. The minimum absolute atomic E-state index is 0.254. The van der Waals surface area contributed by atoms with Gasteiger partial charge in [0.1, 0.15) is 0 Å². The molecule has 1 aromatic rings. The van der Waals surface area contributed by atoms with E-state index in [4.69, 9.17) is 0 Å². The van der Waals surface area contributed by atoms with Crippen LogP contribution in [-0.2, 0) is 11.2 Å². The zero-order chi connectivity index (χ0) is 14.7. The molecule has 4 heteroatoms. The van der Waals surface area contributed by atoms with Crippen LogP contribution >= 0.6 is 0 Å². The Labute approximate surface area is 127 Å². The molecular weight excluding hydrogens is 262 g/mol. The van der Waals surface area contributed by atoms with Crippen molar-refractivity contribution >= 4 is 11.6 Å². The highest BCUT2D eigenvalue weighted by Crippen LogP contribution is 2.27. The summed E-state index contributed by atoms with van der Waals surface area (Å²) in [5.74, 6) is 0.254. The molecule has 1 fully saturated rings. The summed E-state index contributed by atoms with van der Waals surface area (Å²) in [4.78, 5) is 19.3. The first kappa shape index (κ1) is 14.5. The van der Waals surface area contributed by atoms with E-state index >= 15 is 0 Å². The van der Waals surface area contributed by atoms with E-state index in [9.17, 15) is 4.79 Å². The van der Waals surface area contributed by atoms with Crippen LogP contribution in [0.4, 0.5) is 5.69 Å². The van der Waals surface area contributed by atoms with Gasteiger partial charge in [-0.05, 0) is 31.0 Å². The number of carbonyl (C=O) groups is 1. The molecule has 21 heavy (non-hydrogen) atoms. The van der Waals surface area contributed by atoms with E-state index in [1.165, 1.54) is 18.5 Å². The zero-order valence-corrected chi connectivity index (χ0v) is 12.9. The van der Waals surface area contributed by atoms with E-state index in [2.05, 4.69) is 34.9 Å². The van der Waals surface area contributed by atoms with Crippen LogP contribution in [0.25, 0.3) is 0 Å². The monoisotopic (exact) mass is 287 g/mol. The Kier molecular flexibility index (Phi) is 4.56. The van der Waals surface area contributed by atoms with Gasteiger partial charge in [0.15, 0.2) is 0 Å². The number of fused-ring (bicyclic) bond motifs is 1. The highest BCUT2D eigenvalue weighted by molar-refractivity contribution is 5.96. The topological polar surface area (TPSA) is 26.8 Å². The molecule has 1 aromatic carbocycles. The highest BCUT2D eigenvalue weighted by Gasteiger charge is 2.26. The number of carbonyl (C=O) groups excluding carboxylic acids is 1. The fraction of sp³-hybridized carbons (Fsp3) is 0.588. The number of amides is 1. The summed E-state index contributed by atoms with van der Waals surface area (Å²) in [6, 6.07) is 8.28. The Morgan fingerprint density at radius 1 is 1.05 bits per heavy atom. The van der Waals surface area contributed by atoms with E-state index in [0.29, 0.717) is 6.54 Å². The number of hydrogen-bond acceptors (Lipinski definition) is 3. The molecule has 0 spiro atoms. The van der Waals surface area contributed by atoms with Crippen LogP contribution in [0.3, 0.4) is 0 Å². The third-order valence-electron chi connectivity index (χ3n) is 4.55. The van der Waals surface area contributed by atoms with Crippen molar-refractivity contribution in [3.05, 3.63) is 29.8 Å². The van der Waals surface area contributed by atoms with Gasteiger partial charge in [-0.3, -0.25) is 9.69 Å². The van der Waals surface area contributed by atoms with Gasteiger partial charge in [0, 0.05) is 38.4 Å². The van der Waals surface area contributed by atoms with E-state index in [1.54, 1.807) is 0 Å². The van der Waals surface area contributed by atoms with Gasteiger partial charge in [0.2, 0.25) is 5.91 Å². The van der Waals surface area contributed by atoms with Crippen LogP contribution in [0.5, 0.6) is 0 Å². The minimum Gasteiger partial charge on any atom is -0.311 e. The van der Waals surface area contributed by atoms with Crippen molar-refractivity contribution in [1.82, 2.24) is 9.80 Å². The SMILES string of the molecule is CCCN1CCN(CC(=O)N2CCc3ccccc32)CC1. The second-order valence-electron chi connectivity index (χ2n) is 6.04. The molecule has 2 aliphatic heterocycles. The van der Waals surface area contributed by atoms with Crippen molar-refractivity contribution < 1.29 is 4.79 Å². The molecule has 0 radical (unpaired) electrons. The minimum atomic E-state index is 0.254. The van der Waals surface area contributed by atoms with Crippen LogP contribution in [0.2, 0.25) is 0 Å². The Morgan fingerprint density at radius 3 is 2.52 bits per heavy atom. The highest BCUT2D eigenvalue weighted by atomic mass is 16.2. The van der Waals surface area contributed by atoms with E-state index in [0.717, 1.165) is 44.8 Å². The summed E-state index contributed by atoms with van der Waals surface area (Å²) in [5, 5.41) is 0. The Hall–Kier alpha value is -1.39. The van der Waals surface area contributed by atoms with Crippen molar-refractivity contribution in [3.8, 4) is 0 Å². The molecule has 0 bridgehead atoms. The average molecular weight is 287 g/mol. The molecule has 2 heterocycles. The Bertz CT molecular complexity index is 495. The van der Waals surface area contributed by atoms with Gasteiger partial charge in [0.05, 0.1) is 6.54 Å². The van der Waals surface area contributed by atoms with Crippen LogP contribution in [0, 0.1) is 0 Å². The van der Waals surface area contributed by atoms with Gasteiger partial charge in [0.25, 0.3) is 0 Å². The number of piperazine rings is 1. The molecule has 0 aliphatic carbocycles. The van der Waals surface area contributed by atoms with Crippen molar-refractivity contribution in [2.24, 2.45) is 0 Å². The second kappa shape index (κ2) is 6.58. The summed E-state index contributed by atoms with van der Waals surface area (Å²) in [6.07, 6.45) is 2.20. The molecule has 3 rings (SSSR count).